The highest BCUT2D eigenvalue weighted by molar-refractivity contribution is 5.85. The van der Waals surface area contributed by atoms with Gasteiger partial charge in [0, 0.05) is 0 Å². The van der Waals surface area contributed by atoms with Crippen molar-refractivity contribution in [3.63, 3.8) is 0 Å². The molecule has 0 saturated heterocycles. The third-order valence-electron chi connectivity index (χ3n) is 1.53. The van der Waals surface area contributed by atoms with Crippen molar-refractivity contribution in [3.8, 4) is 0 Å². The SMILES string of the molecule is C[C@H](N)C(=O)OCC1CC1.Cl. The van der Waals surface area contributed by atoms with Crippen LogP contribution in [0.25, 0.3) is 0 Å². The lowest BCUT2D eigenvalue weighted by Crippen LogP contribution is -2.29. The summed E-state index contributed by atoms with van der Waals surface area (Å²) >= 11 is 0. The van der Waals surface area contributed by atoms with E-state index in [1.54, 1.807) is 6.92 Å². The minimum atomic E-state index is -0.473. The molecule has 1 aliphatic rings. The Morgan fingerprint density at radius 3 is 2.64 bits per heavy atom. The number of ether oxygens (including phenoxy) is 1. The van der Waals surface area contributed by atoms with Gasteiger partial charge in [0.25, 0.3) is 0 Å². The largest absolute Gasteiger partial charge is 0.464 e. The summed E-state index contributed by atoms with van der Waals surface area (Å²) in [5.41, 5.74) is 5.27. The molecular weight excluding hydrogens is 166 g/mol. The van der Waals surface area contributed by atoms with Crippen molar-refractivity contribution in [2.45, 2.75) is 25.8 Å². The maximum atomic E-state index is 10.7. The second-order valence-electron chi connectivity index (χ2n) is 2.86. The van der Waals surface area contributed by atoms with Gasteiger partial charge in [0.1, 0.15) is 6.04 Å². The number of esters is 1. The van der Waals surface area contributed by atoms with Gasteiger partial charge in [0.05, 0.1) is 6.61 Å². The van der Waals surface area contributed by atoms with E-state index in [0.717, 1.165) is 0 Å². The first-order valence-corrected chi connectivity index (χ1v) is 3.62. The van der Waals surface area contributed by atoms with E-state index in [4.69, 9.17) is 10.5 Å². The van der Waals surface area contributed by atoms with E-state index in [9.17, 15) is 4.79 Å². The van der Waals surface area contributed by atoms with Crippen LogP contribution in [0.15, 0.2) is 0 Å². The minimum absolute atomic E-state index is 0. The molecule has 1 atom stereocenters. The maximum Gasteiger partial charge on any atom is 0.322 e. The molecule has 0 bridgehead atoms. The fourth-order valence-corrected chi connectivity index (χ4v) is 0.616. The van der Waals surface area contributed by atoms with Gasteiger partial charge in [-0.1, -0.05) is 0 Å². The molecule has 1 saturated carbocycles. The van der Waals surface area contributed by atoms with Gasteiger partial charge >= 0.3 is 5.97 Å². The van der Waals surface area contributed by atoms with Crippen LogP contribution in [0.4, 0.5) is 0 Å². The van der Waals surface area contributed by atoms with Gasteiger partial charge in [-0.3, -0.25) is 4.79 Å². The summed E-state index contributed by atoms with van der Waals surface area (Å²) in [5.74, 6) is 0.342. The van der Waals surface area contributed by atoms with Crippen molar-refractivity contribution in [1.82, 2.24) is 0 Å². The highest BCUT2D eigenvalue weighted by atomic mass is 35.5. The summed E-state index contributed by atoms with van der Waals surface area (Å²) in [6, 6.07) is -0.473. The number of nitrogens with two attached hydrogens (primary N) is 1. The van der Waals surface area contributed by atoms with Gasteiger partial charge in [0.2, 0.25) is 0 Å². The molecule has 0 unspecified atom stereocenters. The predicted octanol–water partition coefficient (Wildman–Crippen LogP) is 0.709. The van der Waals surface area contributed by atoms with Crippen molar-refractivity contribution in [3.05, 3.63) is 0 Å². The molecule has 1 rings (SSSR count). The molecule has 0 heterocycles. The Morgan fingerprint density at radius 1 is 1.73 bits per heavy atom. The van der Waals surface area contributed by atoms with Crippen LogP contribution in [0.5, 0.6) is 0 Å². The zero-order chi connectivity index (χ0) is 7.56. The van der Waals surface area contributed by atoms with Gasteiger partial charge in [0.15, 0.2) is 0 Å². The Kier molecular flexibility index (Phi) is 4.45. The summed E-state index contributed by atoms with van der Waals surface area (Å²) in [6.07, 6.45) is 2.40. The highest BCUT2D eigenvalue weighted by Crippen LogP contribution is 2.28. The van der Waals surface area contributed by atoms with Gasteiger partial charge in [-0.2, -0.15) is 0 Å². The van der Waals surface area contributed by atoms with Gasteiger partial charge < -0.3 is 10.5 Å². The van der Waals surface area contributed by atoms with Gasteiger partial charge in [-0.05, 0) is 25.7 Å². The van der Waals surface area contributed by atoms with E-state index in [1.807, 2.05) is 0 Å². The normalized spacial score (nSPS) is 18.4. The smallest absolute Gasteiger partial charge is 0.322 e. The van der Waals surface area contributed by atoms with E-state index in [-0.39, 0.29) is 18.4 Å². The number of halogens is 1. The van der Waals surface area contributed by atoms with Crippen LogP contribution in [-0.2, 0) is 9.53 Å². The van der Waals surface area contributed by atoms with Crippen molar-refractivity contribution in [2.75, 3.05) is 6.61 Å². The van der Waals surface area contributed by atoms with Crippen molar-refractivity contribution in [2.24, 2.45) is 11.7 Å². The lowest BCUT2D eigenvalue weighted by molar-refractivity contribution is -0.145. The molecule has 0 radical (unpaired) electrons. The average molecular weight is 180 g/mol. The van der Waals surface area contributed by atoms with Crippen molar-refractivity contribution in [1.29, 1.82) is 0 Å². The average Bonchev–Trinajstić information content (AvgIpc) is 2.64. The maximum absolute atomic E-state index is 10.7. The van der Waals surface area contributed by atoms with Crippen molar-refractivity contribution >= 4 is 18.4 Å². The quantitative estimate of drug-likeness (QED) is 0.650. The molecule has 2 N–H and O–H groups in total. The summed E-state index contributed by atoms with van der Waals surface area (Å²) in [6.45, 7) is 2.20. The lowest BCUT2D eigenvalue weighted by atomic mass is 10.4. The lowest BCUT2D eigenvalue weighted by Gasteiger charge is -2.04. The number of rotatable bonds is 3. The summed E-state index contributed by atoms with van der Waals surface area (Å²) in [4.78, 5) is 10.7. The molecule has 0 aromatic carbocycles. The Labute approximate surface area is 72.7 Å². The first-order valence-electron chi connectivity index (χ1n) is 3.62. The van der Waals surface area contributed by atoms with E-state index >= 15 is 0 Å². The Balaban J connectivity index is 0.000001000. The fraction of sp³-hybridized carbons (Fsp3) is 0.857. The monoisotopic (exact) mass is 179 g/mol. The molecule has 1 fully saturated rings. The number of hydrogen-bond donors (Lipinski definition) is 1. The Hall–Kier alpha value is -0.280. The molecule has 4 heteroatoms. The molecule has 0 spiro atoms. The van der Waals surface area contributed by atoms with Crippen LogP contribution in [0.1, 0.15) is 19.8 Å². The minimum Gasteiger partial charge on any atom is -0.464 e. The van der Waals surface area contributed by atoms with Gasteiger partial charge in [-0.15, -0.1) is 12.4 Å². The van der Waals surface area contributed by atoms with Crippen LogP contribution < -0.4 is 5.73 Å². The molecule has 3 nitrogen and oxygen atoms in total. The molecule has 11 heavy (non-hydrogen) atoms. The molecule has 0 aromatic rings. The third kappa shape index (κ3) is 4.22. The zero-order valence-electron chi connectivity index (χ0n) is 6.58. The Bertz CT molecular complexity index is 134. The first kappa shape index (κ1) is 10.7. The zero-order valence-corrected chi connectivity index (χ0v) is 7.39. The second kappa shape index (κ2) is 4.57. The molecule has 1 aliphatic carbocycles. The summed E-state index contributed by atoms with van der Waals surface area (Å²) in [5, 5.41) is 0. The van der Waals surface area contributed by atoms with E-state index in [1.165, 1.54) is 12.8 Å². The van der Waals surface area contributed by atoms with Crippen molar-refractivity contribution < 1.29 is 9.53 Å². The molecule has 0 aromatic heterocycles. The van der Waals surface area contributed by atoms with E-state index in [0.29, 0.717) is 12.5 Å². The molecule has 0 aliphatic heterocycles. The topological polar surface area (TPSA) is 52.3 Å². The van der Waals surface area contributed by atoms with Crippen LogP contribution in [0.3, 0.4) is 0 Å². The Morgan fingerprint density at radius 2 is 2.27 bits per heavy atom. The summed E-state index contributed by atoms with van der Waals surface area (Å²) in [7, 11) is 0. The molecular formula is C7H14ClNO2. The molecule has 66 valence electrons. The molecule has 0 amide bonds. The van der Waals surface area contributed by atoms with Crippen LogP contribution in [0, 0.1) is 5.92 Å². The van der Waals surface area contributed by atoms with E-state index in [2.05, 4.69) is 0 Å². The second-order valence-corrected chi connectivity index (χ2v) is 2.86. The fourth-order valence-electron chi connectivity index (χ4n) is 0.616. The predicted molar refractivity (Wildman–Crippen MR) is 44.6 cm³/mol. The highest BCUT2D eigenvalue weighted by Gasteiger charge is 2.23. The first-order chi connectivity index (χ1) is 4.70. The third-order valence-corrected chi connectivity index (χ3v) is 1.53. The standard InChI is InChI=1S/C7H13NO2.ClH/c1-5(8)7(9)10-4-6-2-3-6;/h5-6H,2-4,8H2,1H3;1H/t5-;/m0./s1. The number of carbonyl (C=O) groups is 1. The van der Waals surface area contributed by atoms with Gasteiger partial charge in [-0.25, -0.2) is 0 Å². The van der Waals surface area contributed by atoms with Crippen LogP contribution in [0.2, 0.25) is 0 Å². The van der Waals surface area contributed by atoms with E-state index < -0.39 is 6.04 Å². The van der Waals surface area contributed by atoms with Crippen LogP contribution in [-0.4, -0.2) is 18.6 Å². The number of carbonyl (C=O) groups excluding carboxylic acids is 1. The van der Waals surface area contributed by atoms with Crippen LogP contribution >= 0.6 is 12.4 Å². The number of hydrogen-bond acceptors (Lipinski definition) is 3. The summed E-state index contributed by atoms with van der Waals surface area (Å²) < 4.78 is 4.86.